The molecule has 1 heterocycles. The Morgan fingerprint density at radius 2 is 2.14 bits per heavy atom. The molecule has 2 aliphatic rings. The van der Waals surface area contributed by atoms with E-state index in [-0.39, 0.29) is 17.3 Å². The maximum atomic E-state index is 11.3. The van der Waals surface area contributed by atoms with Crippen LogP contribution in [0.15, 0.2) is 12.2 Å². The molecular formula is C11H16O3. The molecule has 0 saturated carbocycles. The van der Waals surface area contributed by atoms with Crippen LogP contribution in [0.25, 0.3) is 0 Å². The summed E-state index contributed by atoms with van der Waals surface area (Å²) in [4.78, 5) is 11.3. The molecular weight excluding hydrogens is 180 g/mol. The Balaban J connectivity index is 2.43. The van der Waals surface area contributed by atoms with Crippen LogP contribution in [0.1, 0.15) is 27.2 Å². The number of aliphatic hydroxyl groups is 1. The Morgan fingerprint density at radius 1 is 1.50 bits per heavy atom. The molecule has 1 saturated heterocycles. The molecule has 78 valence electrons. The maximum Gasteiger partial charge on any atom is 0.307 e. The van der Waals surface area contributed by atoms with Crippen LogP contribution in [0.2, 0.25) is 0 Å². The Kier molecular flexibility index (Phi) is 1.80. The first-order chi connectivity index (χ1) is 6.36. The first-order valence-corrected chi connectivity index (χ1v) is 4.95. The number of hydrogen-bond donors (Lipinski definition) is 1. The number of aliphatic hydroxyl groups excluding tert-OH is 1. The van der Waals surface area contributed by atoms with Crippen LogP contribution in [0.3, 0.4) is 0 Å². The molecule has 3 unspecified atom stereocenters. The number of hydrogen-bond acceptors (Lipinski definition) is 3. The summed E-state index contributed by atoms with van der Waals surface area (Å²) < 4.78 is 5.30. The van der Waals surface area contributed by atoms with E-state index in [1.807, 2.05) is 26.8 Å². The standard InChI is InChI=1S/C11H16O3/c1-10(2)7-6-9(13)14-11(7,3)5-4-8(10)12/h4-5,7-8,12H,6H2,1-3H3. The molecule has 0 spiro atoms. The topological polar surface area (TPSA) is 46.5 Å². The van der Waals surface area contributed by atoms with Gasteiger partial charge >= 0.3 is 5.97 Å². The minimum Gasteiger partial charge on any atom is -0.455 e. The summed E-state index contributed by atoms with van der Waals surface area (Å²) in [5.41, 5.74) is -0.810. The minimum absolute atomic E-state index is 0.0718. The van der Waals surface area contributed by atoms with Gasteiger partial charge in [0, 0.05) is 11.3 Å². The van der Waals surface area contributed by atoms with E-state index < -0.39 is 11.7 Å². The van der Waals surface area contributed by atoms with Crippen molar-refractivity contribution in [2.75, 3.05) is 0 Å². The summed E-state index contributed by atoms with van der Waals surface area (Å²) in [7, 11) is 0. The highest BCUT2D eigenvalue weighted by molar-refractivity contribution is 5.73. The SMILES string of the molecule is CC12C=CC(O)C(C)(C)C1CC(=O)O2. The van der Waals surface area contributed by atoms with Gasteiger partial charge in [-0.15, -0.1) is 0 Å². The Labute approximate surface area is 83.8 Å². The van der Waals surface area contributed by atoms with E-state index in [2.05, 4.69) is 0 Å². The van der Waals surface area contributed by atoms with E-state index in [9.17, 15) is 9.90 Å². The third-order valence-electron chi connectivity index (χ3n) is 3.67. The molecule has 3 atom stereocenters. The van der Waals surface area contributed by atoms with E-state index in [0.717, 1.165) is 0 Å². The lowest BCUT2D eigenvalue weighted by Gasteiger charge is -2.44. The van der Waals surface area contributed by atoms with Gasteiger partial charge < -0.3 is 9.84 Å². The zero-order chi connectivity index (χ0) is 10.6. The van der Waals surface area contributed by atoms with Gasteiger partial charge in [-0.3, -0.25) is 4.79 Å². The average Bonchev–Trinajstić information content (AvgIpc) is 2.37. The summed E-state index contributed by atoms with van der Waals surface area (Å²) in [6.07, 6.45) is 3.47. The molecule has 14 heavy (non-hydrogen) atoms. The number of carbonyl (C=O) groups excluding carboxylic acids is 1. The normalized spacial score (nSPS) is 44.7. The van der Waals surface area contributed by atoms with Gasteiger partial charge in [0.1, 0.15) is 5.60 Å². The van der Waals surface area contributed by atoms with E-state index >= 15 is 0 Å². The number of ether oxygens (including phenoxy) is 1. The number of fused-ring (bicyclic) bond motifs is 1. The smallest absolute Gasteiger partial charge is 0.307 e. The molecule has 3 nitrogen and oxygen atoms in total. The van der Waals surface area contributed by atoms with Crippen LogP contribution in [0.5, 0.6) is 0 Å². The van der Waals surface area contributed by atoms with Crippen molar-refractivity contribution in [1.29, 1.82) is 0 Å². The summed E-state index contributed by atoms with van der Waals surface area (Å²) in [5, 5.41) is 9.83. The Morgan fingerprint density at radius 3 is 2.79 bits per heavy atom. The van der Waals surface area contributed by atoms with Gasteiger partial charge in [-0.1, -0.05) is 19.9 Å². The van der Waals surface area contributed by atoms with Crippen LogP contribution in [-0.2, 0) is 9.53 Å². The highest BCUT2D eigenvalue weighted by Crippen LogP contribution is 2.50. The van der Waals surface area contributed by atoms with Crippen molar-refractivity contribution in [2.45, 2.75) is 38.9 Å². The lowest BCUT2D eigenvalue weighted by atomic mass is 9.63. The predicted octanol–water partition coefficient (Wildman–Crippen LogP) is 1.27. The van der Waals surface area contributed by atoms with E-state index in [1.54, 1.807) is 6.08 Å². The van der Waals surface area contributed by atoms with Crippen molar-refractivity contribution in [3.05, 3.63) is 12.2 Å². The van der Waals surface area contributed by atoms with E-state index in [0.29, 0.717) is 6.42 Å². The molecule has 1 N–H and O–H groups in total. The second-order valence-corrected chi connectivity index (χ2v) is 5.04. The van der Waals surface area contributed by atoms with Crippen molar-refractivity contribution in [2.24, 2.45) is 11.3 Å². The fourth-order valence-corrected chi connectivity index (χ4v) is 2.62. The van der Waals surface area contributed by atoms with Gasteiger partial charge in [-0.25, -0.2) is 0 Å². The molecule has 0 bridgehead atoms. The fourth-order valence-electron chi connectivity index (χ4n) is 2.62. The van der Waals surface area contributed by atoms with Gasteiger partial charge in [0.15, 0.2) is 0 Å². The van der Waals surface area contributed by atoms with Gasteiger partial charge in [-0.2, -0.15) is 0 Å². The maximum absolute atomic E-state index is 11.3. The zero-order valence-corrected chi connectivity index (χ0v) is 8.78. The Hall–Kier alpha value is -0.830. The van der Waals surface area contributed by atoms with Gasteiger partial charge in [-0.05, 0) is 13.0 Å². The first-order valence-electron chi connectivity index (χ1n) is 4.95. The number of rotatable bonds is 0. The molecule has 1 aliphatic carbocycles. The van der Waals surface area contributed by atoms with E-state index in [4.69, 9.17) is 4.74 Å². The Bertz CT molecular complexity index is 306. The molecule has 0 radical (unpaired) electrons. The quantitative estimate of drug-likeness (QED) is 0.468. The highest BCUT2D eigenvalue weighted by Gasteiger charge is 2.55. The molecule has 0 aromatic heterocycles. The number of esters is 1. The molecule has 0 aromatic rings. The molecule has 2 rings (SSSR count). The van der Waals surface area contributed by atoms with Gasteiger partial charge in [0.25, 0.3) is 0 Å². The van der Waals surface area contributed by atoms with Gasteiger partial charge in [0.05, 0.1) is 12.5 Å². The van der Waals surface area contributed by atoms with Crippen LogP contribution in [0.4, 0.5) is 0 Å². The van der Waals surface area contributed by atoms with Crippen molar-refractivity contribution < 1.29 is 14.6 Å². The van der Waals surface area contributed by atoms with Crippen LogP contribution >= 0.6 is 0 Å². The van der Waals surface area contributed by atoms with Crippen molar-refractivity contribution in [1.82, 2.24) is 0 Å². The average molecular weight is 196 g/mol. The molecule has 1 fully saturated rings. The van der Waals surface area contributed by atoms with Gasteiger partial charge in [0.2, 0.25) is 0 Å². The van der Waals surface area contributed by atoms with Crippen LogP contribution < -0.4 is 0 Å². The molecule has 1 aliphatic heterocycles. The molecule has 3 heteroatoms. The second kappa shape index (κ2) is 2.60. The highest BCUT2D eigenvalue weighted by atomic mass is 16.6. The van der Waals surface area contributed by atoms with Crippen molar-refractivity contribution in [3.63, 3.8) is 0 Å². The van der Waals surface area contributed by atoms with Crippen molar-refractivity contribution >= 4 is 5.97 Å². The minimum atomic E-state index is -0.514. The fraction of sp³-hybridized carbons (Fsp3) is 0.727. The largest absolute Gasteiger partial charge is 0.455 e. The van der Waals surface area contributed by atoms with Crippen LogP contribution in [-0.4, -0.2) is 22.8 Å². The summed E-state index contributed by atoms with van der Waals surface area (Å²) >= 11 is 0. The monoisotopic (exact) mass is 196 g/mol. The van der Waals surface area contributed by atoms with Crippen molar-refractivity contribution in [3.8, 4) is 0 Å². The lowest BCUT2D eigenvalue weighted by molar-refractivity contribution is -0.146. The molecule has 0 aromatic carbocycles. The summed E-state index contributed by atoms with van der Waals surface area (Å²) in [5.74, 6) is -0.0909. The predicted molar refractivity (Wildman–Crippen MR) is 51.5 cm³/mol. The summed E-state index contributed by atoms with van der Waals surface area (Å²) in [6.45, 7) is 5.87. The lowest BCUT2D eigenvalue weighted by Crippen LogP contribution is -2.48. The zero-order valence-electron chi connectivity index (χ0n) is 8.78. The molecule has 0 amide bonds. The summed E-state index contributed by atoms with van der Waals surface area (Å²) in [6, 6.07) is 0. The van der Waals surface area contributed by atoms with E-state index in [1.165, 1.54) is 0 Å². The second-order valence-electron chi connectivity index (χ2n) is 5.04. The van der Waals surface area contributed by atoms with Crippen LogP contribution in [0, 0.1) is 11.3 Å². The third kappa shape index (κ3) is 1.12. The third-order valence-corrected chi connectivity index (χ3v) is 3.67. The first kappa shape index (κ1) is 9.71. The number of carbonyl (C=O) groups is 1.